The molecule has 1 aliphatic rings. The van der Waals surface area contributed by atoms with Crippen molar-refractivity contribution in [3.63, 3.8) is 0 Å². The van der Waals surface area contributed by atoms with E-state index in [4.69, 9.17) is 26.1 Å². The number of aromatic nitrogens is 1. The van der Waals surface area contributed by atoms with Gasteiger partial charge in [0.1, 0.15) is 12.4 Å². The molecule has 1 atom stereocenters. The number of hydrogen-bond acceptors (Lipinski definition) is 6. The number of halogens is 2. The molecule has 0 radical (unpaired) electrons. The van der Waals surface area contributed by atoms with Crippen LogP contribution in [0.25, 0.3) is 6.08 Å². The lowest BCUT2D eigenvalue weighted by Gasteiger charge is -2.29. The normalized spacial score (nSPS) is 14.7. The third-order valence-electron chi connectivity index (χ3n) is 7.28. The van der Waals surface area contributed by atoms with Crippen molar-refractivity contribution < 1.29 is 18.7 Å². The topological polar surface area (TPSA) is 73.1 Å². The highest BCUT2D eigenvalue weighted by molar-refractivity contribution is 7.07. The van der Waals surface area contributed by atoms with Crippen LogP contribution in [0.2, 0.25) is 5.02 Å². The van der Waals surface area contributed by atoms with Gasteiger partial charge in [0.05, 0.1) is 29.0 Å². The zero-order valence-electron chi connectivity index (χ0n) is 24.3. The minimum absolute atomic E-state index is 0.151. The summed E-state index contributed by atoms with van der Waals surface area (Å²) in [6, 6.07) is 18.0. The molecule has 0 fully saturated rings. The molecule has 0 aliphatic carbocycles. The largest absolute Gasteiger partial charge is 0.493 e. The lowest BCUT2D eigenvalue weighted by atomic mass is 9.94. The molecule has 1 aromatic heterocycles. The van der Waals surface area contributed by atoms with Crippen molar-refractivity contribution in [2.24, 2.45) is 4.99 Å². The van der Waals surface area contributed by atoms with E-state index in [9.17, 15) is 14.0 Å². The fourth-order valence-corrected chi connectivity index (χ4v) is 6.20. The highest BCUT2D eigenvalue weighted by Crippen LogP contribution is 2.32. The number of carbonyl (C=O) groups is 1. The standard InChI is InChI=1S/C33H31ClFN3O4S/c1-5-37(6-2)32(40)29-20(3)36-33-38(30(29)23-10-12-24(34)13-11-23)31(39)28(43-33)18-22-9-16-26(27(17-22)41-4)42-19-21-7-14-25(35)15-8-21/h7-18,30H,5-6,19H2,1-4H3/b28-18+/t30-/m0/s1. The zero-order chi connectivity index (χ0) is 30.7. The van der Waals surface area contributed by atoms with Gasteiger partial charge >= 0.3 is 0 Å². The Morgan fingerprint density at radius 1 is 1.07 bits per heavy atom. The van der Waals surface area contributed by atoms with Crippen molar-refractivity contribution in [2.45, 2.75) is 33.4 Å². The molecule has 10 heteroatoms. The van der Waals surface area contributed by atoms with E-state index in [1.54, 1.807) is 59.1 Å². The van der Waals surface area contributed by atoms with Gasteiger partial charge in [0.15, 0.2) is 16.3 Å². The van der Waals surface area contributed by atoms with Gasteiger partial charge < -0.3 is 14.4 Å². The van der Waals surface area contributed by atoms with Gasteiger partial charge in [0.2, 0.25) is 0 Å². The van der Waals surface area contributed by atoms with Crippen molar-refractivity contribution in [3.05, 3.63) is 125 Å². The lowest BCUT2D eigenvalue weighted by molar-refractivity contribution is -0.127. The third kappa shape index (κ3) is 6.28. The minimum atomic E-state index is -0.652. The van der Waals surface area contributed by atoms with E-state index in [0.29, 0.717) is 50.2 Å². The number of ether oxygens (including phenoxy) is 2. The molecule has 0 saturated carbocycles. The Morgan fingerprint density at radius 2 is 1.77 bits per heavy atom. The summed E-state index contributed by atoms with van der Waals surface area (Å²) in [6.45, 7) is 6.98. The maximum absolute atomic E-state index is 14.0. The molecule has 1 aliphatic heterocycles. The molecule has 222 valence electrons. The van der Waals surface area contributed by atoms with Gasteiger partial charge in [-0.1, -0.05) is 53.3 Å². The maximum atomic E-state index is 14.0. The molecule has 4 aromatic rings. The van der Waals surface area contributed by atoms with Crippen LogP contribution in [0.15, 0.2) is 87.8 Å². The summed E-state index contributed by atoms with van der Waals surface area (Å²) in [6.07, 6.45) is 1.78. The number of fused-ring (bicyclic) bond motifs is 1. The highest BCUT2D eigenvalue weighted by atomic mass is 35.5. The fourth-order valence-electron chi connectivity index (χ4n) is 5.02. The van der Waals surface area contributed by atoms with Crippen LogP contribution in [-0.4, -0.2) is 35.6 Å². The van der Waals surface area contributed by atoms with Gasteiger partial charge in [0.25, 0.3) is 11.5 Å². The van der Waals surface area contributed by atoms with Crippen LogP contribution in [0.1, 0.15) is 43.5 Å². The maximum Gasteiger partial charge on any atom is 0.271 e. The number of rotatable bonds is 9. The van der Waals surface area contributed by atoms with Gasteiger partial charge in [0, 0.05) is 18.1 Å². The minimum Gasteiger partial charge on any atom is -0.493 e. The van der Waals surface area contributed by atoms with Gasteiger partial charge in [-0.25, -0.2) is 9.38 Å². The average Bonchev–Trinajstić information content (AvgIpc) is 3.31. The van der Waals surface area contributed by atoms with Crippen LogP contribution >= 0.6 is 22.9 Å². The van der Waals surface area contributed by atoms with E-state index in [1.165, 1.54) is 23.5 Å². The Kier molecular flexibility index (Phi) is 9.13. The van der Waals surface area contributed by atoms with Gasteiger partial charge in [-0.15, -0.1) is 0 Å². The van der Waals surface area contributed by atoms with E-state index in [2.05, 4.69) is 0 Å². The number of amides is 1. The molecule has 2 heterocycles. The second-order valence-electron chi connectivity index (χ2n) is 9.94. The predicted octanol–water partition coefficient (Wildman–Crippen LogP) is 5.48. The summed E-state index contributed by atoms with van der Waals surface area (Å²) < 4.78 is 26.8. The van der Waals surface area contributed by atoms with E-state index in [-0.39, 0.29) is 23.9 Å². The van der Waals surface area contributed by atoms with Crippen LogP contribution in [0.3, 0.4) is 0 Å². The van der Waals surface area contributed by atoms with Crippen LogP contribution < -0.4 is 24.4 Å². The van der Waals surface area contributed by atoms with Crippen LogP contribution in [0.5, 0.6) is 11.5 Å². The van der Waals surface area contributed by atoms with Crippen molar-refractivity contribution in [2.75, 3.05) is 20.2 Å². The smallest absolute Gasteiger partial charge is 0.271 e. The monoisotopic (exact) mass is 619 g/mol. The number of likely N-dealkylation sites (N-methyl/N-ethyl adjacent to an activating group) is 1. The van der Waals surface area contributed by atoms with E-state index in [1.807, 2.05) is 39.0 Å². The van der Waals surface area contributed by atoms with Crippen molar-refractivity contribution in [3.8, 4) is 11.5 Å². The Morgan fingerprint density at radius 3 is 2.42 bits per heavy atom. The van der Waals surface area contributed by atoms with Crippen LogP contribution in [-0.2, 0) is 11.4 Å². The summed E-state index contributed by atoms with van der Waals surface area (Å²) in [5, 5.41) is 0.563. The van der Waals surface area contributed by atoms with Gasteiger partial charge in [-0.3, -0.25) is 14.2 Å². The molecule has 7 nitrogen and oxygen atoms in total. The summed E-state index contributed by atoms with van der Waals surface area (Å²) >= 11 is 7.44. The first-order chi connectivity index (χ1) is 20.7. The van der Waals surface area contributed by atoms with Crippen molar-refractivity contribution >= 4 is 34.9 Å². The summed E-state index contributed by atoms with van der Waals surface area (Å²) in [4.78, 5) is 34.7. The summed E-state index contributed by atoms with van der Waals surface area (Å²) in [7, 11) is 1.54. The van der Waals surface area contributed by atoms with E-state index >= 15 is 0 Å². The lowest BCUT2D eigenvalue weighted by Crippen LogP contribution is -2.43. The number of allylic oxidation sites excluding steroid dienone is 1. The molecule has 43 heavy (non-hydrogen) atoms. The Hall–Kier alpha value is -4.21. The first-order valence-corrected chi connectivity index (χ1v) is 15.1. The molecule has 0 N–H and O–H groups in total. The second-order valence-corrected chi connectivity index (χ2v) is 11.4. The molecular weight excluding hydrogens is 589 g/mol. The van der Waals surface area contributed by atoms with Crippen molar-refractivity contribution in [1.82, 2.24) is 9.47 Å². The zero-order valence-corrected chi connectivity index (χ0v) is 25.8. The molecular formula is C33H31ClFN3O4S. The Bertz CT molecular complexity index is 1860. The quantitative estimate of drug-likeness (QED) is 0.249. The van der Waals surface area contributed by atoms with Gasteiger partial charge in [-0.05, 0) is 79.9 Å². The molecule has 3 aromatic carbocycles. The molecule has 0 unspecified atom stereocenters. The third-order valence-corrected chi connectivity index (χ3v) is 8.52. The fraction of sp³-hybridized carbons (Fsp3) is 0.242. The molecule has 0 bridgehead atoms. The molecule has 0 saturated heterocycles. The second kappa shape index (κ2) is 13.0. The summed E-state index contributed by atoms with van der Waals surface area (Å²) in [5.41, 5.74) is 3.11. The predicted molar refractivity (Wildman–Crippen MR) is 167 cm³/mol. The Balaban J connectivity index is 1.55. The van der Waals surface area contributed by atoms with Crippen LogP contribution in [0.4, 0.5) is 4.39 Å². The number of benzene rings is 3. The summed E-state index contributed by atoms with van der Waals surface area (Å²) in [5.74, 6) is 0.549. The number of carbonyl (C=O) groups excluding carboxylic acids is 1. The average molecular weight is 620 g/mol. The number of thiazole rings is 1. The SMILES string of the molecule is CCN(CC)C(=O)C1=C(C)N=c2s/c(=C/c3ccc(OCc4ccc(F)cc4)c(OC)c3)c(=O)n2[C@H]1c1ccc(Cl)cc1. The van der Waals surface area contributed by atoms with E-state index < -0.39 is 6.04 Å². The van der Waals surface area contributed by atoms with Gasteiger partial charge in [-0.2, -0.15) is 0 Å². The number of nitrogens with zero attached hydrogens (tertiary/aromatic N) is 3. The highest BCUT2D eigenvalue weighted by Gasteiger charge is 2.34. The number of hydrogen-bond donors (Lipinski definition) is 0. The Labute approximate surface area is 257 Å². The number of methoxy groups -OCH3 is 1. The van der Waals surface area contributed by atoms with E-state index in [0.717, 1.165) is 16.7 Å². The molecule has 0 spiro atoms. The first kappa shape index (κ1) is 30.3. The molecule has 1 amide bonds. The first-order valence-electron chi connectivity index (χ1n) is 13.9. The van der Waals surface area contributed by atoms with Crippen molar-refractivity contribution in [1.29, 1.82) is 0 Å². The van der Waals surface area contributed by atoms with Crippen LogP contribution in [0, 0.1) is 5.82 Å². The molecule has 5 rings (SSSR count).